The molecule has 0 aliphatic carbocycles. The Hall–Kier alpha value is -3.94. The van der Waals surface area contributed by atoms with Crippen molar-refractivity contribution in [2.45, 2.75) is 13.5 Å². The highest BCUT2D eigenvalue weighted by Crippen LogP contribution is 2.19. The predicted octanol–water partition coefficient (Wildman–Crippen LogP) is 3.01. The summed E-state index contributed by atoms with van der Waals surface area (Å²) in [5.74, 6) is -1.26. The van der Waals surface area contributed by atoms with Crippen molar-refractivity contribution in [3.05, 3.63) is 84.1 Å². The minimum absolute atomic E-state index is 0.0468. The Labute approximate surface area is 161 Å². The van der Waals surface area contributed by atoms with Crippen LogP contribution in [0.25, 0.3) is 11.3 Å². The number of carboxylic acids is 1. The smallest absolute Gasteiger partial charge is 0.412 e. The molecular formula is C20H18N4O4. The van der Waals surface area contributed by atoms with E-state index in [0.717, 1.165) is 11.3 Å². The molecule has 3 rings (SSSR count). The number of alkyl carbamates (subject to hydrolysis) is 1. The molecule has 3 aromatic rings. The zero-order valence-corrected chi connectivity index (χ0v) is 15.1. The van der Waals surface area contributed by atoms with Crippen molar-refractivity contribution in [3.8, 4) is 5.69 Å². The van der Waals surface area contributed by atoms with Gasteiger partial charge in [-0.2, -0.15) is 5.10 Å². The minimum Gasteiger partial charge on any atom is -0.477 e. The van der Waals surface area contributed by atoms with Crippen LogP contribution in [-0.2, 0) is 16.1 Å². The van der Waals surface area contributed by atoms with Crippen molar-refractivity contribution in [2.24, 2.45) is 0 Å². The fraction of sp³-hybridized carbons (Fsp3) is 0.100. The summed E-state index contributed by atoms with van der Waals surface area (Å²) in [7, 11) is 0. The van der Waals surface area contributed by atoms with Crippen LogP contribution in [0.15, 0.2) is 72.9 Å². The molecule has 0 bridgehead atoms. The summed E-state index contributed by atoms with van der Waals surface area (Å²) in [6.07, 6.45) is 2.15. The lowest BCUT2D eigenvalue weighted by molar-refractivity contribution is -0.133. The second-order valence-electron chi connectivity index (χ2n) is 5.88. The van der Waals surface area contributed by atoms with E-state index in [0.29, 0.717) is 11.1 Å². The lowest BCUT2D eigenvalue weighted by atomic mass is 10.0. The van der Waals surface area contributed by atoms with Gasteiger partial charge in [0.05, 0.1) is 5.69 Å². The van der Waals surface area contributed by atoms with Gasteiger partial charge < -0.3 is 9.84 Å². The van der Waals surface area contributed by atoms with Crippen LogP contribution >= 0.6 is 0 Å². The molecular weight excluding hydrogens is 360 g/mol. The number of allylic oxidation sites excluding steroid dienone is 1. The molecule has 0 spiro atoms. The predicted molar refractivity (Wildman–Crippen MR) is 101 cm³/mol. The zero-order valence-electron chi connectivity index (χ0n) is 15.1. The molecule has 1 aromatic heterocycles. The number of nitrogens with zero attached hydrogens (tertiary/aromatic N) is 3. The summed E-state index contributed by atoms with van der Waals surface area (Å²) in [5, 5.41) is 15.8. The van der Waals surface area contributed by atoms with Crippen molar-refractivity contribution >= 4 is 17.6 Å². The number of hydrogen-bond donors (Lipinski definition) is 2. The van der Waals surface area contributed by atoms with E-state index in [1.807, 2.05) is 30.3 Å². The fourth-order valence-corrected chi connectivity index (χ4v) is 2.52. The van der Waals surface area contributed by atoms with Gasteiger partial charge in [-0.15, -0.1) is 0 Å². The summed E-state index contributed by atoms with van der Waals surface area (Å²) in [4.78, 5) is 27.5. The van der Waals surface area contributed by atoms with Gasteiger partial charge >= 0.3 is 12.1 Å². The average Bonchev–Trinajstić information content (AvgIpc) is 3.25. The number of ether oxygens (including phenoxy) is 1. The Morgan fingerprint density at radius 2 is 1.82 bits per heavy atom. The Kier molecular flexibility index (Phi) is 5.81. The normalized spacial score (nSPS) is 11.5. The van der Waals surface area contributed by atoms with Crippen LogP contribution in [0.4, 0.5) is 4.79 Å². The number of aromatic nitrogens is 3. The largest absolute Gasteiger partial charge is 0.477 e. The molecule has 0 aliphatic rings. The van der Waals surface area contributed by atoms with Crippen LogP contribution < -0.4 is 5.32 Å². The average molecular weight is 378 g/mol. The Bertz CT molecular complexity index is 981. The van der Waals surface area contributed by atoms with E-state index >= 15 is 0 Å². The van der Waals surface area contributed by atoms with E-state index in [2.05, 4.69) is 15.4 Å². The third-order valence-corrected chi connectivity index (χ3v) is 4.01. The van der Waals surface area contributed by atoms with E-state index < -0.39 is 12.1 Å². The van der Waals surface area contributed by atoms with E-state index in [-0.39, 0.29) is 12.3 Å². The molecule has 8 nitrogen and oxygen atoms in total. The molecule has 142 valence electrons. The summed E-state index contributed by atoms with van der Waals surface area (Å²) in [6, 6.07) is 16.2. The van der Waals surface area contributed by atoms with Gasteiger partial charge in [-0.05, 0) is 35.8 Å². The first-order valence-corrected chi connectivity index (χ1v) is 8.42. The number of rotatable bonds is 6. The van der Waals surface area contributed by atoms with Crippen LogP contribution in [0, 0.1) is 0 Å². The molecule has 0 radical (unpaired) electrons. The molecule has 1 heterocycles. The maximum Gasteiger partial charge on any atom is 0.412 e. The van der Waals surface area contributed by atoms with Gasteiger partial charge in [0.1, 0.15) is 25.0 Å². The number of amides is 1. The Morgan fingerprint density at radius 1 is 1.11 bits per heavy atom. The summed E-state index contributed by atoms with van der Waals surface area (Å²) >= 11 is 0. The number of carboxylic acid groups (broad SMARTS) is 1. The molecule has 2 aromatic carbocycles. The molecule has 1 amide bonds. The minimum atomic E-state index is -1.26. The Morgan fingerprint density at radius 3 is 2.43 bits per heavy atom. The highest BCUT2D eigenvalue weighted by atomic mass is 16.5. The number of hydrogen-bond acceptors (Lipinski definition) is 5. The molecule has 0 unspecified atom stereocenters. The number of carbonyl (C=O) groups is 2. The van der Waals surface area contributed by atoms with E-state index in [9.17, 15) is 14.7 Å². The van der Waals surface area contributed by atoms with Crippen LogP contribution in [0.3, 0.4) is 0 Å². The highest BCUT2D eigenvalue weighted by molar-refractivity contribution is 5.98. The summed E-state index contributed by atoms with van der Waals surface area (Å²) < 4.78 is 6.68. The number of carbonyl (C=O) groups excluding carboxylic acids is 1. The van der Waals surface area contributed by atoms with Crippen molar-refractivity contribution in [3.63, 3.8) is 0 Å². The van der Waals surface area contributed by atoms with Crippen molar-refractivity contribution in [1.29, 1.82) is 0 Å². The van der Waals surface area contributed by atoms with Gasteiger partial charge in [-0.25, -0.2) is 19.3 Å². The van der Waals surface area contributed by atoms with E-state index in [1.54, 1.807) is 42.2 Å². The topological polar surface area (TPSA) is 106 Å². The lowest BCUT2D eigenvalue weighted by Crippen LogP contribution is -2.28. The van der Waals surface area contributed by atoms with Gasteiger partial charge in [-0.1, -0.05) is 42.5 Å². The molecule has 0 atom stereocenters. The first-order chi connectivity index (χ1) is 13.5. The zero-order chi connectivity index (χ0) is 19.9. The quantitative estimate of drug-likeness (QED) is 0.639. The molecule has 0 fully saturated rings. The maximum atomic E-state index is 12.0. The number of benzene rings is 2. The summed E-state index contributed by atoms with van der Waals surface area (Å²) in [6.45, 7) is 1.66. The van der Waals surface area contributed by atoms with Crippen molar-refractivity contribution in [1.82, 2.24) is 20.1 Å². The standard InChI is InChI=1S/C20H18N4O4/c1-14(16-7-9-17(10-8-16)24-13-21-12-22-24)18(19(25)26)23-20(27)28-11-15-5-3-2-4-6-15/h2-10,12-13H,11H2,1H3,(H,23,27)(H,25,26). The molecule has 28 heavy (non-hydrogen) atoms. The first kappa shape index (κ1) is 18.8. The molecule has 0 saturated carbocycles. The van der Waals surface area contributed by atoms with Gasteiger partial charge in [-0.3, -0.25) is 5.32 Å². The van der Waals surface area contributed by atoms with Crippen molar-refractivity contribution < 1.29 is 19.4 Å². The van der Waals surface area contributed by atoms with Crippen LogP contribution in [-0.4, -0.2) is 31.9 Å². The van der Waals surface area contributed by atoms with Gasteiger partial charge in [0, 0.05) is 0 Å². The first-order valence-electron chi connectivity index (χ1n) is 8.42. The van der Waals surface area contributed by atoms with E-state index in [4.69, 9.17) is 4.74 Å². The van der Waals surface area contributed by atoms with Crippen LogP contribution in [0.2, 0.25) is 0 Å². The fourth-order valence-electron chi connectivity index (χ4n) is 2.52. The van der Waals surface area contributed by atoms with Crippen LogP contribution in [0.5, 0.6) is 0 Å². The third kappa shape index (κ3) is 4.61. The van der Waals surface area contributed by atoms with Gasteiger partial charge in [0.2, 0.25) is 0 Å². The van der Waals surface area contributed by atoms with Crippen molar-refractivity contribution in [2.75, 3.05) is 0 Å². The SMILES string of the molecule is CC(=C(NC(=O)OCc1ccccc1)C(=O)O)c1ccc(-n2cncn2)cc1. The summed E-state index contributed by atoms with van der Waals surface area (Å²) in [5.41, 5.74) is 2.38. The number of nitrogens with one attached hydrogen (secondary N) is 1. The van der Waals surface area contributed by atoms with E-state index in [1.165, 1.54) is 6.33 Å². The van der Waals surface area contributed by atoms with Gasteiger partial charge in [0.15, 0.2) is 0 Å². The third-order valence-electron chi connectivity index (χ3n) is 4.01. The molecule has 2 N–H and O–H groups in total. The second-order valence-corrected chi connectivity index (χ2v) is 5.88. The van der Waals surface area contributed by atoms with Crippen LogP contribution in [0.1, 0.15) is 18.1 Å². The number of aliphatic carboxylic acids is 1. The lowest BCUT2D eigenvalue weighted by Gasteiger charge is -2.12. The molecule has 0 saturated heterocycles. The maximum absolute atomic E-state index is 12.0. The van der Waals surface area contributed by atoms with Gasteiger partial charge in [0.25, 0.3) is 0 Å². The Balaban J connectivity index is 1.73. The second kappa shape index (κ2) is 8.63. The molecule has 0 aliphatic heterocycles. The molecule has 8 heteroatoms. The highest BCUT2D eigenvalue weighted by Gasteiger charge is 2.17. The monoisotopic (exact) mass is 378 g/mol.